The molecule has 1 saturated heterocycles. The van der Waals surface area contributed by atoms with E-state index in [1.54, 1.807) is 24.9 Å². The lowest BCUT2D eigenvalue weighted by Gasteiger charge is -2.32. The van der Waals surface area contributed by atoms with Crippen molar-refractivity contribution < 1.29 is 13.9 Å². The Hall–Kier alpha value is -2.73. The molecule has 1 fully saturated rings. The number of hydrogen-bond donors (Lipinski definition) is 0. The van der Waals surface area contributed by atoms with E-state index in [1.165, 1.54) is 0 Å². The highest BCUT2D eigenvalue weighted by molar-refractivity contribution is 5.88. The molecule has 0 N–H and O–H groups in total. The van der Waals surface area contributed by atoms with E-state index in [1.807, 2.05) is 30.0 Å². The number of carbonyl (C=O) groups is 1. The first-order chi connectivity index (χ1) is 12.2. The molecule has 1 unspecified atom stereocenters. The maximum atomic E-state index is 12.7. The Labute approximate surface area is 145 Å². The molecule has 4 rings (SSSR count). The molecule has 1 atom stereocenters. The molecular weight excluding hydrogens is 318 g/mol. The van der Waals surface area contributed by atoms with Gasteiger partial charge in [0.1, 0.15) is 11.7 Å². The minimum Gasteiger partial charge on any atom is -0.464 e. The highest BCUT2D eigenvalue weighted by atomic mass is 16.5. The van der Waals surface area contributed by atoms with Gasteiger partial charge in [0.15, 0.2) is 0 Å². The smallest absolute Gasteiger partial charge is 0.227 e. The van der Waals surface area contributed by atoms with E-state index >= 15 is 0 Å². The van der Waals surface area contributed by atoms with E-state index < -0.39 is 0 Å². The van der Waals surface area contributed by atoms with Gasteiger partial charge >= 0.3 is 0 Å². The minimum absolute atomic E-state index is 0.0699. The number of fused-ring (bicyclic) bond motifs is 1. The zero-order chi connectivity index (χ0) is 17.2. The van der Waals surface area contributed by atoms with E-state index in [9.17, 15) is 4.79 Å². The van der Waals surface area contributed by atoms with Crippen molar-refractivity contribution in [2.24, 2.45) is 0 Å². The second-order valence-corrected chi connectivity index (χ2v) is 6.27. The van der Waals surface area contributed by atoms with Gasteiger partial charge in [-0.2, -0.15) is 0 Å². The molecule has 128 valence electrons. The van der Waals surface area contributed by atoms with Crippen molar-refractivity contribution in [2.45, 2.75) is 19.4 Å². The predicted octanol–water partition coefficient (Wildman–Crippen LogP) is 2.67. The summed E-state index contributed by atoms with van der Waals surface area (Å²) in [6, 6.07) is 6.03. The number of hydrogen-bond acceptors (Lipinski definition) is 5. The average molecular weight is 337 g/mol. The molecule has 6 heteroatoms. The fraction of sp³-hybridized carbons (Fsp3) is 0.316. The fourth-order valence-corrected chi connectivity index (χ4v) is 3.13. The van der Waals surface area contributed by atoms with Crippen LogP contribution in [0.25, 0.3) is 11.0 Å². The van der Waals surface area contributed by atoms with Gasteiger partial charge in [-0.05, 0) is 18.6 Å². The van der Waals surface area contributed by atoms with E-state index in [2.05, 4.69) is 9.97 Å². The first kappa shape index (κ1) is 15.8. The molecule has 1 aliphatic heterocycles. The van der Waals surface area contributed by atoms with Gasteiger partial charge in [0.25, 0.3) is 0 Å². The summed E-state index contributed by atoms with van der Waals surface area (Å²) in [5.74, 6) is 0.0699. The SMILES string of the molecule is Cc1ccc2c(CC(=O)N3CCOC(c4cnccn4)C3)coc2c1. The second kappa shape index (κ2) is 6.64. The maximum absolute atomic E-state index is 12.7. The van der Waals surface area contributed by atoms with Gasteiger partial charge in [0, 0.05) is 29.9 Å². The van der Waals surface area contributed by atoms with Gasteiger partial charge in [-0.15, -0.1) is 0 Å². The van der Waals surface area contributed by atoms with Crippen LogP contribution in [0.3, 0.4) is 0 Å². The van der Waals surface area contributed by atoms with E-state index in [0.717, 1.165) is 27.8 Å². The summed E-state index contributed by atoms with van der Waals surface area (Å²) >= 11 is 0. The first-order valence-electron chi connectivity index (χ1n) is 8.33. The summed E-state index contributed by atoms with van der Waals surface area (Å²) in [7, 11) is 0. The number of carbonyl (C=O) groups excluding carboxylic acids is 1. The van der Waals surface area contributed by atoms with Crippen LogP contribution in [0.5, 0.6) is 0 Å². The number of nitrogens with zero attached hydrogens (tertiary/aromatic N) is 3. The lowest BCUT2D eigenvalue weighted by molar-refractivity contribution is -0.138. The molecular formula is C19H19N3O3. The number of morpholine rings is 1. The summed E-state index contributed by atoms with van der Waals surface area (Å²) < 4.78 is 11.3. The number of aryl methyl sites for hydroxylation is 1. The highest BCUT2D eigenvalue weighted by Gasteiger charge is 2.27. The van der Waals surface area contributed by atoms with Crippen molar-refractivity contribution in [1.29, 1.82) is 0 Å². The van der Waals surface area contributed by atoms with Gasteiger partial charge in [-0.1, -0.05) is 12.1 Å². The Morgan fingerprint density at radius 2 is 2.28 bits per heavy atom. The third kappa shape index (κ3) is 3.25. The number of benzene rings is 1. The molecule has 2 aromatic heterocycles. The van der Waals surface area contributed by atoms with Crippen LogP contribution >= 0.6 is 0 Å². The van der Waals surface area contributed by atoms with E-state index in [0.29, 0.717) is 26.1 Å². The van der Waals surface area contributed by atoms with Crippen molar-refractivity contribution in [3.05, 3.63) is 59.9 Å². The Kier molecular flexibility index (Phi) is 4.19. The van der Waals surface area contributed by atoms with E-state index in [-0.39, 0.29) is 12.0 Å². The predicted molar refractivity (Wildman–Crippen MR) is 92.0 cm³/mol. The molecule has 25 heavy (non-hydrogen) atoms. The van der Waals surface area contributed by atoms with Gasteiger partial charge in [0.2, 0.25) is 5.91 Å². The number of aromatic nitrogens is 2. The Bertz CT molecular complexity index is 891. The number of furan rings is 1. The Morgan fingerprint density at radius 3 is 3.12 bits per heavy atom. The van der Waals surface area contributed by atoms with Crippen LogP contribution in [0, 0.1) is 6.92 Å². The normalized spacial score (nSPS) is 17.8. The van der Waals surface area contributed by atoms with Crippen LogP contribution < -0.4 is 0 Å². The summed E-state index contributed by atoms with van der Waals surface area (Å²) in [5.41, 5.74) is 3.63. The van der Waals surface area contributed by atoms with Crippen LogP contribution in [0.15, 0.2) is 47.5 Å². The van der Waals surface area contributed by atoms with Crippen molar-refractivity contribution in [2.75, 3.05) is 19.7 Å². The third-order valence-electron chi connectivity index (χ3n) is 4.49. The zero-order valence-corrected chi connectivity index (χ0v) is 14.0. The van der Waals surface area contributed by atoms with Crippen molar-refractivity contribution in [3.8, 4) is 0 Å². The van der Waals surface area contributed by atoms with Crippen molar-refractivity contribution in [1.82, 2.24) is 14.9 Å². The molecule has 0 aliphatic carbocycles. The van der Waals surface area contributed by atoms with Crippen LogP contribution in [-0.2, 0) is 16.0 Å². The number of rotatable bonds is 3. The molecule has 0 saturated carbocycles. The van der Waals surface area contributed by atoms with E-state index in [4.69, 9.17) is 9.15 Å². The molecule has 0 radical (unpaired) electrons. The van der Waals surface area contributed by atoms with Gasteiger partial charge in [-0.25, -0.2) is 0 Å². The molecule has 0 bridgehead atoms. The van der Waals surface area contributed by atoms with Gasteiger partial charge in [-0.3, -0.25) is 14.8 Å². The Morgan fingerprint density at radius 1 is 1.36 bits per heavy atom. The third-order valence-corrected chi connectivity index (χ3v) is 4.49. The van der Waals surface area contributed by atoms with Crippen molar-refractivity contribution in [3.63, 3.8) is 0 Å². The second-order valence-electron chi connectivity index (χ2n) is 6.27. The minimum atomic E-state index is -0.227. The summed E-state index contributed by atoms with van der Waals surface area (Å²) in [4.78, 5) is 22.9. The van der Waals surface area contributed by atoms with Gasteiger partial charge in [0.05, 0.1) is 37.7 Å². The number of ether oxygens (including phenoxy) is 1. The number of amides is 1. The molecule has 6 nitrogen and oxygen atoms in total. The maximum Gasteiger partial charge on any atom is 0.227 e. The monoisotopic (exact) mass is 337 g/mol. The highest BCUT2D eigenvalue weighted by Crippen LogP contribution is 2.24. The summed E-state index contributed by atoms with van der Waals surface area (Å²) in [5, 5.41) is 0.998. The lowest BCUT2D eigenvalue weighted by atomic mass is 10.1. The quantitative estimate of drug-likeness (QED) is 0.735. The lowest BCUT2D eigenvalue weighted by Crippen LogP contribution is -2.43. The van der Waals surface area contributed by atoms with Crippen LogP contribution in [0.4, 0.5) is 0 Å². The fourth-order valence-electron chi connectivity index (χ4n) is 3.13. The van der Waals surface area contributed by atoms with Crippen LogP contribution in [-0.4, -0.2) is 40.5 Å². The Balaban J connectivity index is 1.48. The first-order valence-corrected chi connectivity index (χ1v) is 8.33. The standard InChI is InChI=1S/C19H19N3O3/c1-13-2-3-15-14(12-25-17(15)8-13)9-19(23)22-6-7-24-18(11-22)16-10-20-4-5-21-16/h2-5,8,10,12,18H,6-7,9,11H2,1H3. The molecule has 3 heterocycles. The van der Waals surface area contributed by atoms with Gasteiger partial charge < -0.3 is 14.1 Å². The van der Waals surface area contributed by atoms with Crippen LogP contribution in [0.1, 0.15) is 22.9 Å². The molecule has 1 aliphatic rings. The summed E-state index contributed by atoms with van der Waals surface area (Å²) in [6.07, 6.45) is 6.73. The van der Waals surface area contributed by atoms with Crippen LogP contribution in [0.2, 0.25) is 0 Å². The molecule has 1 aromatic carbocycles. The molecule has 3 aromatic rings. The topological polar surface area (TPSA) is 68.5 Å². The largest absolute Gasteiger partial charge is 0.464 e. The zero-order valence-electron chi connectivity index (χ0n) is 14.0. The van der Waals surface area contributed by atoms with Crippen molar-refractivity contribution >= 4 is 16.9 Å². The average Bonchev–Trinajstić information content (AvgIpc) is 3.04. The molecule has 1 amide bonds. The molecule has 0 spiro atoms. The summed E-state index contributed by atoms with van der Waals surface area (Å²) in [6.45, 7) is 3.60.